The summed E-state index contributed by atoms with van der Waals surface area (Å²) >= 11 is 0. The van der Waals surface area contributed by atoms with Gasteiger partial charge in [0.1, 0.15) is 42.4 Å². The number of benzene rings is 3. The minimum Gasteiger partial charge on any atom is -0.455 e. The fourth-order valence-corrected chi connectivity index (χ4v) is 11.2. The molecule has 0 spiro atoms. The fourth-order valence-electron chi connectivity index (χ4n) is 11.2. The maximum atomic E-state index is 16.2. The van der Waals surface area contributed by atoms with Crippen LogP contribution in [0.3, 0.4) is 0 Å². The number of ketones is 1. The van der Waals surface area contributed by atoms with Gasteiger partial charge in [-0.3, -0.25) is 24.0 Å². The van der Waals surface area contributed by atoms with Crippen LogP contribution in [0.25, 0.3) is 0 Å². The Morgan fingerprint density at radius 1 is 0.806 bits per heavy atom. The molecule has 4 aromatic rings. The Labute approximate surface area is 414 Å². The van der Waals surface area contributed by atoms with E-state index in [4.69, 9.17) is 33.2 Å². The van der Waals surface area contributed by atoms with Crippen LogP contribution in [0.5, 0.6) is 0 Å². The highest BCUT2D eigenvalue weighted by molar-refractivity contribution is 5.97. The highest BCUT2D eigenvalue weighted by Crippen LogP contribution is 2.65. The van der Waals surface area contributed by atoms with Crippen molar-refractivity contribution >= 4 is 47.6 Å². The van der Waals surface area contributed by atoms with Crippen molar-refractivity contribution in [3.8, 4) is 0 Å². The van der Waals surface area contributed by atoms with Crippen LogP contribution >= 0.6 is 0 Å². The van der Waals surface area contributed by atoms with Gasteiger partial charge in [0.25, 0.3) is 5.91 Å². The predicted octanol–water partition coefficient (Wildman–Crippen LogP) is 5.20. The third-order valence-corrected chi connectivity index (χ3v) is 14.7. The van der Waals surface area contributed by atoms with Gasteiger partial charge >= 0.3 is 35.9 Å². The number of carbonyl (C=O) groups excluding carboxylic acids is 8. The molecule has 2 saturated carbocycles. The Balaban J connectivity index is 1.33. The van der Waals surface area contributed by atoms with Crippen LogP contribution in [0.2, 0.25) is 0 Å². The van der Waals surface area contributed by atoms with Crippen molar-refractivity contribution in [2.75, 3.05) is 6.61 Å². The van der Waals surface area contributed by atoms with E-state index in [1.54, 1.807) is 92.7 Å². The zero-order valence-electron chi connectivity index (χ0n) is 40.6. The normalized spacial score (nSPS) is 28.9. The maximum Gasteiger partial charge on any atom is 0.419 e. The van der Waals surface area contributed by atoms with Crippen LogP contribution in [0.1, 0.15) is 93.6 Å². The quantitative estimate of drug-likeness (QED) is 0.105. The molecule has 1 aromatic heterocycles. The Bertz CT molecular complexity index is 2800. The van der Waals surface area contributed by atoms with Crippen LogP contribution in [-0.4, -0.2) is 117 Å². The van der Waals surface area contributed by atoms with Crippen molar-refractivity contribution in [2.45, 2.75) is 115 Å². The molecule has 3 aromatic carbocycles. The largest absolute Gasteiger partial charge is 0.455 e. The number of rotatable bonds is 12. The minimum atomic E-state index is -2.51. The molecule has 8 rings (SSSR count). The van der Waals surface area contributed by atoms with Gasteiger partial charge in [-0.2, -0.15) is 0 Å². The molecule has 0 radical (unpaired) electrons. The highest BCUT2D eigenvalue weighted by atomic mass is 16.6. The van der Waals surface area contributed by atoms with E-state index in [0.29, 0.717) is 5.56 Å². The molecule has 1 saturated heterocycles. The molecular weight excluding hydrogens is 935 g/mol. The second kappa shape index (κ2) is 19.6. The number of nitrogens with one attached hydrogen (secondary N) is 1. The van der Waals surface area contributed by atoms with Gasteiger partial charge in [0, 0.05) is 57.0 Å². The number of aromatic nitrogens is 2. The van der Waals surface area contributed by atoms with Crippen molar-refractivity contribution < 1.29 is 76.6 Å². The Morgan fingerprint density at radius 2 is 1.43 bits per heavy atom. The van der Waals surface area contributed by atoms with Crippen molar-refractivity contribution in [1.29, 1.82) is 0 Å². The minimum absolute atomic E-state index is 0.0214. The molecule has 2 N–H and O–H groups in total. The number of imidazole rings is 1. The molecule has 1 aliphatic heterocycles. The van der Waals surface area contributed by atoms with E-state index in [2.05, 4.69) is 10.3 Å². The molecule has 11 atom stereocenters. The number of hydrogen-bond acceptors (Lipinski definition) is 17. The first-order valence-corrected chi connectivity index (χ1v) is 23.3. The number of aliphatic hydroxyl groups is 1. The lowest BCUT2D eigenvalue weighted by Crippen LogP contribution is -2.82. The number of hydrogen-bond donors (Lipinski definition) is 2. The summed E-state index contributed by atoms with van der Waals surface area (Å²) in [6, 6.07) is 22.7. The molecule has 19 heteroatoms. The molecule has 2 heterocycles. The van der Waals surface area contributed by atoms with E-state index in [1.165, 1.54) is 44.7 Å². The van der Waals surface area contributed by atoms with Gasteiger partial charge in [0.15, 0.2) is 17.5 Å². The van der Waals surface area contributed by atoms with Gasteiger partial charge in [-0.1, -0.05) is 80.6 Å². The monoisotopic (exact) mass is 989 g/mol. The van der Waals surface area contributed by atoms with Gasteiger partial charge in [-0.05, 0) is 54.8 Å². The average molecular weight is 990 g/mol. The summed E-state index contributed by atoms with van der Waals surface area (Å²) in [7, 11) is 0. The Morgan fingerprint density at radius 3 is 1.99 bits per heavy atom. The lowest BCUT2D eigenvalue weighted by atomic mass is 9.44. The second-order valence-electron chi connectivity index (χ2n) is 19.3. The molecular formula is C53H55N3O16. The molecule has 19 nitrogen and oxygen atoms in total. The van der Waals surface area contributed by atoms with Crippen molar-refractivity contribution in [1.82, 2.24) is 14.9 Å². The third-order valence-electron chi connectivity index (χ3n) is 14.7. The number of fused-ring (bicyclic) bond motifs is 5. The summed E-state index contributed by atoms with van der Waals surface area (Å²) in [4.78, 5) is 117. The average Bonchev–Trinajstić information content (AvgIpc) is 3.89. The predicted molar refractivity (Wildman–Crippen MR) is 249 cm³/mol. The van der Waals surface area contributed by atoms with Gasteiger partial charge in [-0.25, -0.2) is 23.9 Å². The van der Waals surface area contributed by atoms with Gasteiger partial charge < -0.3 is 43.6 Å². The smallest absolute Gasteiger partial charge is 0.419 e. The van der Waals surface area contributed by atoms with E-state index in [-0.39, 0.29) is 35.3 Å². The van der Waals surface area contributed by atoms with Crippen LogP contribution in [0.4, 0.5) is 4.79 Å². The van der Waals surface area contributed by atoms with Gasteiger partial charge in [-0.15, -0.1) is 0 Å². The van der Waals surface area contributed by atoms with Crippen molar-refractivity contribution in [3.05, 3.63) is 138 Å². The van der Waals surface area contributed by atoms with Crippen LogP contribution in [0, 0.1) is 16.7 Å². The van der Waals surface area contributed by atoms with E-state index < -0.39 is 125 Å². The number of ether oxygens (including phenoxy) is 7. The topological polar surface area (TPSA) is 251 Å². The number of amides is 1. The molecule has 1 amide bonds. The summed E-state index contributed by atoms with van der Waals surface area (Å²) in [5.74, 6) is -8.11. The molecule has 0 unspecified atom stereocenters. The maximum absolute atomic E-state index is 16.2. The van der Waals surface area contributed by atoms with Crippen LogP contribution in [-0.2, 0) is 57.1 Å². The molecule has 4 aliphatic rings. The molecule has 72 heavy (non-hydrogen) atoms. The van der Waals surface area contributed by atoms with Crippen molar-refractivity contribution in [2.24, 2.45) is 16.7 Å². The summed E-state index contributed by atoms with van der Waals surface area (Å²) in [5.41, 5.74) is -7.71. The third kappa shape index (κ3) is 8.95. The summed E-state index contributed by atoms with van der Waals surface area (Å²) in [5, 5.41) is 16.9. The second-order valence-corrected chi connectivity index (χ2v) is 19.3. The molecule has 3 fully saturated rings. The summed E-state index contributed by atoms with van der Waals surface area (Å²) < 4.78 is 44.1. The Hall–Kier alpha value is -7.51. The lowest BCUT2D eigenvalue weighted by molar-refractivity contribution is -0.345. The number of Topliss-reactive ketones (excluding diaryl/α,β-unsaturated/α-hetero) is 1. The van der Waals surface area contributed by atoms with Crippen molar-refractivity contribution in [3.63, 3.8) is 0 Å². The molecule has 378 valence electrons. The number of carbonyl (C=O) groups is 8. The zero-order chi connectivity index (χ0) is 51.9. The van der Waals surface area contributed by atoms with Crippen LogP contribution in [0.15, 0.2) is 121 Å². The highest BCUT2D eigenvalue weighted by Gasteiger charge is 2.79. The number of esters is 5. The Kier molecular flexibility index (Phi) is 13.8. The fraction of sp³-hybridized carbons (Fsp3) is 0.415. The molecule has 2 bridgehead atoms. The first kappa shape index (κ1) is 50.9. The first-order valence-electron chi connectivity index (χ1n) is 23.3. The van der Waals surface area contributed by atoms with Crippen LogP contribution < -0.4 is 5.32 Å². The zero-order valence-corrected chi connectivity index (χ0v) is 40.6. The first-order chi connectivity index (χ1) is 34.1. The molecule has 3 aliphatic carbocycles. The van der Waals surface area contributed by atoms with E-state index in [0.717, 1.165) is 25.3 Å². The lowest BCUT2D eigenvalue weighted by Gasteiger charge is -2.67. The van der Waals surface area contributed by atoms with E-state index in [1.807, 2.05) is 0 Å². The van der Waals surface area contributed by atoms with Gasteiger partial charge in [0.2, 0.25) is 6.10 Å². The van der Waals surface area contributed by atoms with E-state index in [9.17, 15) is 33.9 Å². The summed E-state index contributed by atoms with van der Waals surface area (Å²) in [6.45, 7) is 8.87. The number of nitrogens with zero attached hydrogens (tertiary/aromatic N) is 2. The standard InChI is InChI=1S/C53H55N3O16/c1-29-36(69-48(63)42(68-31(3)58)40(33-17-11-8-12-18-33)55-46(61)34-19-13-9-14-20-34)26-53(65)45(71-47(62)35-21-15-10-16-22-35)43-51(7,44(60)41(67-30(2)57)39(29)50(53,5)6)37(70-49(64)56-24-23-54-28-56)25-38-52(43,27-66-38)72-32(4)59/h8-24,28,36-38,40-43,45,65H,25-27H2,1-7H3,(H,55,61)/t36-,37-,38+,40-,41+,42+,43-,45-,51+,52-,53+/m0/s1. The SMILES string of the molecule is CC(=O)O[C@H]1C(=O)[C@]2(C)[C@@H](OC(=O)n3ccnc3)C[C@H]3OC[C@@]3(OC(C)=O)[C@H]2[C@H](OC(=O)c2ccccc2)[C@]2(O)C[C@H](OC(=O)[C@H](OC(C)=O)[C@@H](NC(=O)c3ccccc3)c3ccccc3)C(C)=C1C2(C)C. The van der Waals surface area contributed by atoms with E-state index >= 15 is 9.59 Å². The summed E-state index contributed by atoms with van der Waals surface area (Å²) in [6.07, 6.45) is -8.03. The van der Waals surface area contributed by atoms with Gasteiger partial charge in [0.05, 0.1) is 23.5 Å².